The fourth-order valence-electron chi connectivity index (χ4n) is 1.63. The maximum absolute atomic E-state index is 5.99. The first-order valence-electron chi connectivity index (χ1n) is 5.68. The molecule has 15 heavy (non-hydrogen) atoms. The van der Waals surface area contributed by atoms with Crippen molar-refractivity contribution in [2.75, 3.05) is 0 Å². The highest BCUT2D eigenvalue weighted by Crippen LogP contribution is 2.21. The molecule has 0 heterocycles. The molecule has 0 bridgehead atoms. The molecule has 1 aromatic rings. The summed E-state index contributed by atoms with van der Waals surface area (Å²) in [5.41, 5.74) is 1.28. The van der Waals surface area contributed by atoms with Crippen molar-refractivity contribution in [2.24, 2.45) is 0 Å². The second-order valence-corrected chi connectivity index (χ2v) is 4.43. The molecule has 2 heteroatoms. The van der Waals surface area contributed by atoms with Crippen LogP contribution in [-0.2, 0) is 0 Å². The van der Waals surface area contributed by atoms with Crippen LogP contribution >= 0.6 is 11.6 Å². The van der Waals surface area contributed by atoms with Crippen LogP contribution in [0.4, 0.5) is 0 Å². The van der Waals surface area contributed by atoms with Crippen LogP contribution in [0.2, 0.25) is 5.02 Å². The van der Waals surface area contributed by atoms with E-state index in [1.807, 2.05) is 18.2 Å². The Balaban J connectivity index is 2.73. The second kappa shape index (κ2) is 6.14. The van der Waals surface area contributed by atoms with Crippen LogP contribution in [0, 0.1) is 0 Å². The Morgan fingerprint density at radius 3 is 2.53 bits per heavy atom. The van der Waals surface area contributed by atoms with Crippen molar-refractivity contribution in [2.45, 2.75) is 45.7 Å². The van der Waals surface area contributed by atoms with Gasteiger partial charge in [-0.2, -0.15) is 0 Å². The Hall–Kier alpha value is -0.530. The largest absolute Gasteiger partial charge is 0.307 e. The minimum Gasteiger partial charge on any atom is -0.307 e. The average Bonchev–Trinajstić information content (AvgIpc) is 2.25. The van der Waals surface area contributed by atoms with Gasteiger partial charge in [-0.15, -0.1) is 0 Å². The number of hydrogen-bond donors (Lipinski definition) is 1. The predicted octanol–water partition coefficient (Wildman–Crippen LogP) is 4.18. The Morgan fingerprint density at radius 1 is 1.27 bits per heavy atom. The van der Waals surface area contributed by atoms with Crippen LogP contribution in [0.5, 0.6) is 0 Å². The van der Waals surface area contributed by atoms with Gasteiger partial charge >= 0.3 is 0 Å². The van der Waals surface area contributed by atoms with Crippen molar-refractivity contribution in [3.05, 3.63) is 34.9 Å². The maximum Gasteiger partial charge on any atom is 0.0409 e. The molecule has 0 amide bonds. The zero-order chi connectivity index (χ0) is 11.3. The van der Waals surface area contributed by atoms with Gasteiger partial charge in [0.2, 0.25) is 0 Å². The molecular formula is C13H20ClN. The van der Waals surface area contributed by atoms with Gasteiger partial charge in [-0.3, -0.25) is 0 Å². The molecular weight excluding hydrogens is 206 g/mol. The number of hydrogen-bond acceptors (Lipinski definition) is 1. The van der Waals surface area contributed by atoms with Gasteiger partial charge in [-0.25, -0.2) is 0 Å². The maximum atomic E-state index is 5.99. The highest BCUT2D eigenvalue weighted by molar-refractivity contribution is 6.30. The highest BCUT2D eigenvalue weighted by Gasteiger charge is 2.11. The molecule has 1 nitrogen and oxygen atoms in total. The summed E-state index contributed by atoms with van der Waals surface area (Å²) in [6, 6.07) is 9.08. The summed E-state index contributed by atoms with van der Waals surface area (Å²) in [5.74, 6) is 0. The second-order valence-electron chi connectivity index (χ2n) is 3.99. The van der Waals surface area contributed by atoms with Crippen LogP contribution in [-0.4, -0.2) is 6.04 Å². The van der Waals surface area contributed by atoms with Gasteiger partial charge in [0.15, 0.2) is 0 Å². The van der Waals surface area contributed by atoms with Crippen molar-refractivity contribution in [1.29, 1.82) is 0 Å². The molecule has 0 radical (unpaired) electrons. The molecule has 0 spiro atoms. The molecule has 0 unspecified atom stereocenters. The number of benzene rings is 1. The average molecular weight is 226 g/mol. The lowest BCUT2D eigenvalue weighted by Crippen LogP contribution is -2.29. The van der Waals surface area contributed by atoms with E-state index in [4.69, 9.17) is 11.6 Å². The van der Waals surface area contributed by atoms with Gasteiger partial charge in [0, 0.05) is 17.1 Å². The van der Waals surface area contributed by atoms with Gasteiger partial charge in [0.1, 0.15) is 0 Å². The van der Waals surface area contributed by atoms with E-state index in [1.165, 1.54) is 5.56 Å². The minimum absolute atomic E-state index is 0.415. The molecule has 0 aliphatic rings. The van der Waals surface area contributed by atoms with E-state index in [9.17, 15) is 0 Å². The highest BCUT2D eigenvalue weighted by atomic mass is 35.5. The van der Waals surface area contributed by atoms with Crippen LogP contribution < -0.4 is 5.32 Å². The van der Waals surface area contributed by atoms with Crippen molar-refractivity contribution < 1.29 is 0 Å². The van der Waals surface area contributed by atoms with Crippen LogP contribution in [0.15, 0.2) is 24.3 Å². The van der Waals surface area contributed by atoms with Gasteiger partial charge in [0.05, 0.1) is 0 Å². The summed E-state index contributed by atoms with van der Waals surface area (Å²) < 4.78 is 0. The minimum atomic E-state index is 0.415. The first kappa shape index (κ1) is 12.5. The summed E-state index contributed by atoms with van der Waals surface area (Å²) >= 11 is 5.99. The summed E-state index contributed by atoms with van der Waals surface area (Å²) in [4.78, 5) is 0. The molecule has 1 N–H and O–H groups in total. The zero-order valence-electron chi connectivity index (χ0n) is 9.76. The first-order valence-corrected chi connectivity index (χ1v) is 6.06. The van der Waals surface area contributed by atoms with E-state index in [0.717, 1.165) is 17.9 Å². The quantitative estimate of drug-likeness (QED) is 0.793. The summed E-state index contributed by atoms with van der Waals surface area (Å²) in [7, 11) is 0. The standard InChI is InChI=1S/C13H20ClN/c1-4-10(3)15-13(5-2)11-7-6-8-12(14)9-11/h6-10,13,15H,4-5H2,1-3H3/t10-,13+/m0/s1. The van der Waals surface area contributed by atoms with E-state index in [0.29, 0.717) is 12.1 Å². The topological polar surface area (TPSA) is 12.0 Å². The summed E-state index contributed by atoms with van der Waals surface area (Å²) in [5, 5.41) is 4.42. The van der Waals surface area contributed by atoms with E-state index in [-0.39, 0.29) is 0 Å². The Kier molecular flexibility index (Phi) is 5.13. The molecule has 84 valence electrons. The van der Waals surface area contributed by atoms with E-state index >= 15 is 0 Å². The van der Waals surface area contributed by atoms with Crippen LogP contribution in [0.1, 0.15) is 45.2 Å². The Morgan fingerprint density at radius 2 is 2.00 bits per heavy atom. The monoisotopic (exact) mass is 225 g/mol. The third-order valence-corrected chi connectivity index (χ3v) is 2.99. The number of rotatable bonds is 5. The lowest BCUT2D eigenvalue weighted by atomic mass is 10.0. The lowest BCUT2D eigenvalue weighted by molar-refractivity contribution is 0.437. The smallest absolute Gasteiger partial charge is 0.0409 e. The molecule has 0 saturated carbocycles. The molecule has 0 aliphatic carbocycles. The molecule has 0 aliphatic heterocycles. The number of nitrogens with one attached hydrogen (secondary N) is 1. The van der Waals surface area contributed by atoms with E-state index in [2.05, 4.69) is 32.2 Å². The SMILES string of the molecule is CC[C@H](C)N[C@H](CC)c1cccc(Cl)c1. The van der Waals surface area contributed by atoms with Gasteiger partial charge < -0.3 is 5.32 Å². The van der Waals surface area contributed by atoms with Crippen molar-refractivity contribution in [1.82, 2.24) is 5.32 Å². The third-order valence-electron chi connectivity index (χ3n) is 2.76. The number of halogens is 1. The zero-order valence-corrected chi connectivity index (χ0v) is 10.5. The molecule has 1 rings (SSSR count). The van der Waals surface area contributed by atoms with Gasteiger partial charge in [0.25, 0.3) is 0 Å². The molecule has 1 aromatic carbocycles. The van der Waals surface area contributed by atoms with E-state index < -0.39 is 0 Å². The van der Waals surface area contributed by atoms with Gasteiger partial charge in [-0.05, 0) is 37.5 Å². The van der Waals surface area contributed by atoms with E-state index in [1.54, 1.807) is 0 Å². The molecule has 0 aromatic heterocycles. The molecule has 0 fully saturated rings. The third kappa shape index (κ3) is 3.84. The fraction of sp³-hybridized carbons (Fsp3) is 0.538. The van der Waals surface area contributed by atoms with Gasteiger partial charge in [-0.1, -0.05) is 37.6 Å². The van der Waals surface area contributed by atoms with Crippen molar-refractivity contribution >= 4 is 11.6 Å². The lowest BCUT2D eigenvalue weighted by Gasteiger charge is -2.22. The van der Waals surface area contributed by atoms with Crippen LogP contribution in [0.3, 0.4) is 0 Å². The van der Waals surface area contributed by atoms with Crippen LogP contribution in [0.25, 0.3) is 0 Å². The Labute approximate surface area is 97.8 Å². The first-order chi connectivity index (χ1) is 7.17. The Bertz CT molecular complexity index is 298. The summed E-state index contributed by atoms with van der Waals surface area (Å²) in [6.07, 6.45) is 2.24. The summed E-state index contributed by atoms with van der Waals surface area (Å²) in [6.45, 7) is 6.61. The van der Waals surface area contributed by atoms with Crippen molar-refractivity contribution in [3.8, 4) is 0 Å². The molecule has 2 atom stereocenters. The van der Waals surface area contributed by atoms with Crippen molar-refractivity contribution in [3.63, 3.8) is 0 Å². The fourth-order valence-corrected chi connectivity index (χ4v) is 1.83. The molecule has 0 saturated heterocycles. The predicted molar refractivity (Wildman–Crippen MR) is 67.4 cm³/mol. The normalized spacial score (nSPS) is 14.9.